The van der Waals surface area contributed by atoms with Crippen LogP contribution in [0, 0.1) is 0 Å². The number of aromatic nitrogens is 4. The van der Waals surface area contributed by atoms with Gasteiger partial charge in [0.1, 0.15) is 11.1 Å². The maximum absolute atomic E-state index is 12.7. The van der Waals surface area contributed by atoms with Gasteiger partial charge in [0.05, 0.1) is 5.92 Å². The minimum atomic E-state index is -0.645. The van der Waals surface area contributed by atoms with Crippen molar-refractivity contribution in [3.8, 4) is 11.6 Å². The molecule has 0 N–H and O–H groups in total. The molecule has 0 atom stereocenters. The first-order valence-corrected chi connectivity index (χ1v) is 8.62. The van der Waals surface area contributed by atoms with Gasteiger partial charge in [-0.2, -0.15) is 4.98 Å². The lowest BCUT2D eigenvalue weighted by molar-refractivity contribution is 0.0565. The second kappa shape index (κ2) is 6.38. The molecule has 1 saturated heterocycles. The van der Waals surface area contributed by atoms with E-state index in [1.165, 1.54) is 0 Å². The van der Waals surface area contributed by atoms with Crippen LogP contribution >= 0.6 is 0 Å². The summed E-state index contributed by atoms with van der Waals surface area (Å²) in [6.07, 6.45) is 3.19. The molecule has 1 amide bonds. The van der Waals surface area contributed by atoms with Crippen LogP contribution in [0.15, 0.2) is 62.5 Å². The van der Waals surface area contributed by atoms with Gasteiger partial charge in [0, 0.05) is 30.9 Å². The van der Waals surface area contributed by atoms with Crippen LogP contribution in [-0.2, 0) is 0 Å². The highest BCUT2D eigenvalue weighted by atomic mass is 16.5. The first kappa shape index (κ1) is 16.3. The van der Waals surface area contributed by atoms with Crippen molar-refractivity contribution in [3.63, 3.8) is 0 Å². The number of likely N-dealkylation sites (tertiary alicyclic amines) is 1. The Morgan fingerprint density at radius 3 is 2.68 bits per heavy atom. The van der Waals surface area contributed by atoms with E-state index in [2.05, 4.69) is 20.1 Å². The standard InChI is InChI=1S/C19H13N5O4/c25-18(13-8-11-4-1-2-5-14(11)27-19(13)26)24-9-12(10-24)17-22-16(23-28-17)15-20-6-3-7-21-15/h1-8,12H,9-10H2. The van der Waals surface area contributed by atoms with Crippen LogP contribution in [0.3, 0.4) is 0 Å². The molecule has 1 aromatic carbocycles. The number of rotatable bonds is 3. The lowest BCUT2D eigenvalue weighted by Gasteiger charge is -2.36. The van der Waals surface area contributed by atoms with E-state index >= 15 is 0 Å². The van der Waals surface area contributed by atoms with Crippen LogP contribution in [0.1, 0.15) is 22.2 Å². The largest absolute Gasteiger partial charge is 0.422 e. The Balaban J connectivity index is 1.32. The van der Waals surface area contributed by atoms with Crippen molar-refractivity contribution in [1.82, 2.24) is 25.0 Å². The highest BCUT2D eigenvalue weighted by Gasteiger charge is 2.37. The zero-order valence-electron chi connectivity index (χ0n) is 14.5. The van der Waals surface area contributed by atoms with Crippen molar-refractivity contribution in [2.24, 2.45) is 0 Å². The smallest absolute Gasteiger partial charge is 0.349 e. The molecule has 138 valence electrons. The Kier molecular flexibility index (Phi) is 3.71. The number of hydrogen-bond donors (Lipinski definition) is 0. The minimum Gasteiger partial charge on any atom is -0.422 e. The van der Waals surface area contributed by atoms with Crippen LogP contribution < -0.4 is 5.63 Å². The molecule has 3 aromatic heterocycles. The number of nitrogens with zero attached hydrogens (tertiary/aromatic N) is 5. The average molecular weight is 375 g/mol. The maximum atomic E-state index is 12.7. The number of hydrogen-bond acceptors (Lipinski definition) is 8. The fourth-order valence-corrected chi connectivity index (χ4v) is 3.09. The van der Waals surface area contributed by atoms with Crippen LogP contribution in [0.2, 0.25) is 0 Å². The Labute approximate surface area is 157 Å². The van der Waals surface area contributed by atoms with E-state index in [1.54, 1.807) is 47.6 Å². The third-order valence-corrected chi connectivity index (χ3v) is 4.60. The molecule has 5 rings (SSSR count). The van der Waals surface area contributed by atoms with Gasteiger partial charge in [0.15, 0.2) is 0 Å². The summed E-state index contributed by atoms with van der Waals surface area (Å²) in [5, 5.41) is 4.59. The Morgan fingerprint density at radius 2 is 1.86 bits per heavy atom. The lowest BCUT2D eigenvalue weighted by atomic mass is 9.99. The van der Waals surface area contributed by atoms with Crippen molar-refractivity contribution in [2.45, 2.75) is 5.92 Å². The zero-order chi connectivity index (χ0) is 19.1. The number of para-hydroxylation sites is 1. The summed E-state index contributed by atoms with van der Waals surface area (Å²) >= 11 is 0. The Bertz CT molecular complexity index is 1230. The summed E-state index contributed by atoms with van der Waals surface area (Å²) in [6.45, 7) is 0.755. The SMILES string of the molecule is O=C(c1cc2ccccc2oc1=O)N1CC(c2nc(-c3ncccn3)no2)C1. The average Bonchev–Trinajstić information content (AvgIpc) is 3.16. The highest BCUT2D eigenvalue weighted by molar-refractivity contribution is 5.97. The third-order valence-electron chi connectivity index (χ3n) is 4.60. The first-order valence-electron chi connectivity index (χ1n) is 8.62. The van der Waals surface area contributed by atoms with E-state index in [9.17, 15) is 9.59 Å². The van der Waals surface area contributed by atoms with Crippen molar-refractivity contribution < 1.29 is 13.7 Å². The van der Waals surface area contributed by atoms with Crippen molar-refractivity contribution in [2.75, 3.05) is 13.1 Å². The van der Waals surface area contributed by atoms with Gasteiger partial charge in [0.25, 0.3) is 5.91 Å². The van der Waals surface area contributed by atoms with Crippen LogP contribution in [0.25, 0.3) is 22.6 Å². The molecule has 0 spiro atoms. The van der Waals surface area contributed by atoms with E-state index in [1.807, 2.05) is 6.07 Å². The quantitative estimate of drug-likeness (QED) is 0.498. The molecule has 0 unspecified atom stereocenters. The summed E-state index contributed by atoms with van der Waals surface area (Å²) in [6, 6.07) is 10.3. The molecule has 4 aromatic rings. The predicted octanol–water partition coefficient (Wildman–Crippen LogP) is 1.87. The molecule has 9 heteroatoms. The molecule has 0 saturated carbocycles. The highest BCUT2D eigenvalue weighted by Crippen LogP contribution is 2.28. The topological polar surface area (TPSA) is 115 Å². The fraction of sp³-hybridized carbons (Fsp3) is 0.158. The van der Waals surface area contributed by atoms with Gasteiger partial charge in [-0.3, -0.25) is 4.79 Å². The number of fused-ring (bicyclic) bond motifs is 1. The van der Waals surface area contributed by atoms with Crippen molar-refractivity contribution in [3.05, 3.63) is 70.7 Å². The monoisotopic (exact) mass is 375 g/mol. The molecule has 9 nitrogen and oxygen atoms in total. The van der Waals surface area contributed by atoms with Crippen molar-refractivity contribution >= 4 is 16.9 Å². The van der Waals surface area contributed by atoms with E-state index in [4.69, 9.17) is 8.94 Å². The molecule has 1 aliphatic heterocycles. The van der Waals surface area contributed by atoms with E-state index in [0.29, 0.717) is 41.6 Å². The van der Waals surface area contributed by atoms with Gasteiger partial charge in [-0.1, -0.05) is 23.4 Å². The van der Waals surface area contributed by atoms with E-state index < -0.39 is 5.63 Å². The molecule has 28 heavy (non-hydrogen) atoms. The zero-order valence-corrected chi connectivity index (χ0v) is 14.5. The summed E-state index contributed by atoms with van der Waals surface area (Å²) in [5.74, 6) is 0.620. The fourth-order valence-electron chi connectivity index (χ4n) is 3.09. The van der Waals surface area contributed by atoms with Gasteiger partial charge < -0.3 is 13.8 Å². The molecular formula is C19H13N5O4. The summed E-state index contributed by atoms with van der Waals surface area (Å²) in [4.78, 5) is 38.8. The molecular weight excluding hydrogens is 362 g/mol. The van der Waals surface area contributed by atoms with Crippen LogP contribution in [0.4, 0.5) is 0 Å². The van der Waals surface area contributed by atoms with E-state index in [-0.39, 0.29) is 17.4 Å². The molecule has 0 aliphatic carbocycles. The van der Waals surface area contributed by atoms with E-state index in [0.717, 1.165) is 0 Å². The van der Waals surface area contributed by atoms with Crippen molar-refractivity contribution in [1.29, 1.82) is 0 Å². The Hall–Kier alpha value is -3.88. The molecule has 0 radical (unpaired) electrons. The summed E-state index contributed by atoms with van der Waals surface area (Å²) in [7, 11) is 0. The third kappa shape index (κ3) is 2.73. The number of carbonyl (C=O) groups excluding carboxylic acids is 1. The van der Waals surface area contributed by atoms with Crippen LogP contribution in [0.5, 0.6) is 0 Å². The number of carbonyl (C=O) groups is 1. The Morgan fingerprint density at radius 1 is 1.07 bits per heavy atom. The predicted molar refractivity (Wildman–Crippen MR) is 96.5 cm³/mol. The number of amides is 1. The van der Waals surface area contributed by atoms with Gasteiger partial charge in [-0.05, 0) is 18.2 Å². The van der Waals surface area contributed by atoms with Gasteiger partial charge in [-0.15, -0.1) is 0 Å². The first-order chi connectivity index (χ1) is 13.7. The summed E-state index contributed by atoms with van der Waals surface area (Å²) in [5.41, 5.74) is -0.179. The molecule has 4 heterocycles. The number of benzene rings is 1. The minimum absolute atomic E-state index is 0.0149. The normalized spacial score (nSPS) is 14.2. The van der Waals surface area contributed by atoms with Crippen LogP contribution in [-0.4, -0.2) is 44.0 Å². The van der Waals surface area contributed by atoms with Gasteiger partial charge in [-0.25, -0.2) is 14.8 Å². The second-order valence-corrected chi connectivity index (χ2v) is 6.42. The molecule has 1 aliphatic rings. The molecule has 0 bridgehead atoms. The lowest BCUT2D eigenvalue weighted by Crippen LogP contribution is -2.49. The summed E-state index contributed by atoms with van der Waals surface area (Å²) < 4.78 is 10.5. The maximum Gasteiger partial charge on any atom is 0.349 e. The van der Waals surface area contributed by atoms with Gasteiger partial charge in [0.2, 0.25) is 17.5 Å². The second-order valence-electron chi connectivity index (χ2n) is 6.42. The molecule has 1 fully saturated rings. The van der Waals surface area contributed by atoms with Gasteiger partial charge >= 0.3 is 5.63 Å².